The average molecular weight is 194 g/mol. The zero-order valence-corrected chi connectivity index (χ0v) is 6.87. The molecule has 0 unspecified atom stereocenters. The van der Waals surface area contributed by atoms with E-state index in [1.807, 2.05) is 0 Å². The van der Waals surface area contributed by atoms with Gasteiger partial charge in [-0.2, -0.15) is 9.98 Å². The number of urea groups is 1. The molecule has 70 valence electrons. The third kappa shape index (κ3) is 1.44. The molecule has 1 aliphatic rings. The fourth-order valence-electron chi connectivity index (χ4n) is 1.07. The maximum atomic E-state index is 12.8. The maximum absolute atomic E-state index is 12.8. The molecule has 3 nitrogen and oxygen atoms in total. The van der Waals surface area contributed by atoms with Crippen LogP contribution in [0, 0.1) is 11.6 Å². The Balaban J connectivity index is 2.44. The quantitative estimate of drug-likeness (QED) is 0.673. The summed E-state index contributed by atoms with van der Waals surface area (Å²) < 4.78 is 25.3. The lowest BCUT2D eigenvalue weighted by Crippen LogP contribution is -2.00. The molecule has 2 amide bonds. The molecule has 0 bridgehead atoms. The highest BCUT2D eigenvalue weighted by atomic mass is 19.2. The highest BCUT2D eigenvalue weighted by molar-refractivity contribution is 6.43. The summed E-state index contributed by atoms with van der Waals surface area (Å²) in [4.78, 5) is 17.5. The summed E-state index contributed by atoms with van der Waals surface area (Å²) in [5.74, 6) is -1.91. The fourth-order valence-corrected chi connectivity index (χ4v) is 1.07. The van der Waals surface area contributed by atoms with E-state index in [1.54, 1.807) is 0 Å². The zero-order valence-electron chi connectivity index (χ0n) is 6.87. The summed E-state index contributed by atoms with van der Waals surface area (Å²) >= 11 is 0. The second-order valence-corrected chi connectivity index (χ2v) is 2.67. The van der Waals surface area contributed by atoms with Crippen molar-refractivity contribution in [3.8, 4) is 0 Å². The number of halogens is 2. The van der Waals surface area contributed by atoms with Gasteiger partial charge in [-0.1, -0.05) is 0 Å². The zero-order chi connectivity index (χ0) is 10.1. The van der Waals surface area contributed by atoms with Crippen molar-refractivity contribution >= 4 is 18.0 Å². The molecule has 0 fully saturated rings. The van der Waals surface area contributed by atoms with Gasteiger partial charge in [0, 0.05) is 5.56 Å². The Bertz CT molecular complexity index is 466. The minimum Gasteiger partial charge on any atom is -0.244 e. The van der Waals surface area contributed by atoms with Gasteiger partial charge in [0.1, 0.15) is 0 Å². The van der Waals surface area contributed by atoms with Gasteiger partial charge in [0.25, 0.3) is 0 Å². The van der Waals surface area contributed by atoms with E-state index < -0.39 is 17.7 Å². The van der Waals surface area contributed by atoms with E-state index in [4.69, 9.17) is 0 Å². The van der Waals surface area contributed by atoms with E-state index in [1.165, 1.54) is 12.3 Å². The van der Waals surface area contributed by atoms with Gasteiger partial charge in [0.15, 0.2) is 11.6 Å². The predicted octanol–water partition coefficient (Wildman–Crippen LogP) is 1.96. The number of aliphatic imine (C=N–C) groups is 2. The molecular formula is C9H4F2N2O. The number of hydrogen-bond donors (Lipinski definition) is 0. The molecule has 0 saturated heterocycles. The number of rotatable bonds is 1. The van der Waals surface area contributed by atoms with Crippen LogP contribution in [0.1, 0.15) is 5.56 Å². The first kappa shape index (κ1) is 8.68. The van der Waals surface area contributed by atoms with Crippen molar-refractivity contribution < 1.29 is 13.6 Å². The first-order valence-electron chi connectivity index (χ1n) is 3.79. The third-order valence-corrected chi connectivity index (χ3v) is 1.73. The molecule has 1 aliphatic heterocycles. The summed E-state index contributed by atoms with van der Waals surface area (Å²) in [5, 5.41) is 0. The van der Waals surface area contributed by atoms with Gasteiger partial charge in [0.2, 0.25) is 0 Å². The minimum atomic E-state index is -0.974. The topological polar surface area (TPSA) is 41.8 Å². The first-order valence-corrected chi connectivity index (χ1v) is 3.79. The highest BCUT2D eigenvalue weighted by Gasteiger charge is 2.12. The van der Waals surface area contributed by atoms with Crippen LogP contribution in [-0.4, -0.2) is 18.0 Å². The van der Waals surface area contributed by atoms with Crippen LogP contribution in [0.15, 0.2) is 28.2 Å². The summed E-state index contributed by atoms with van der Waals surface area (Å²) in [6.07, 6.45) is 1.22. The lowest BCUT2D eigenvalue weighted by Gasteiger charge is -1.97. The Hall–Kier alpha value is -1.91. The molecule has 5 heteroatoms. The van der Waals surface area contributed by atoms with Crippen molar-refractivity contribution in [3.63, 3.8) is 0 Å². The van der Waals surface area contributed by atoms with E-state index in [9.17, 15) is 13.6 Å². The van der Waals surface area contributed by atoms with E-state index in [2.05, 4.69) is 9.98 Å². The molecule has 0 aliphatic carbocycles. The van der Waals surface area contributed by atoms with E-state index in [0.29, 0.717) is 5.56 Å². The molecule has 0 spiro atoms. The van der Waals surface area contributed by atoms with Crippen molar-refractivity contribution in [2.24, 2.45) is 9.98 Å². The van der Waals surface area contributed by atoms with Crippen LogP contribution in [0.25, 0.3) is 0 Å². The summed E-state index contributed by atoms with van der Waals surface area (Å²) in [6, 6.07) is 2.65. The maximum Gasteiger partial charge on any atom is 0.367 e. The molecule has 0 aromatic heterocycles. The summed E-state index contributed by atoms with van der Waals surface area (Å²) in [5.41, 5.74) is 0.576. The largest absolute Gasteiger partial charge is 0.367 e. The van der Waals surface area contributed by atoms with Gasteiger partial charge in [-0.25, -0.2) is 13.6 Å². The Labute approximate surface area is 77.8 Å². The number of hydrogen-bond acceptors (Lipinski definition) is 1. The molecule has 1 heterocycles. The summed E-state index contributed by atoms with van der Waals surface area (Å²) in [7, 11) is 0. The molecule has 2 rings (SSSR count). The lowest BCUT2D eigenvalue weighted by atomic mass is 10.1. The number of benzene rings is 1. The van der Waals surface area contributed by atoms with Crippen molar-refractivity contribution in [1.29, 1.82) is 0 Å². The van der Waals surface area contributed by atoms with E-state index in [-0.39, 0.29) is 5.71 Å². The average Bonchev–Trinajstić information content (AvgIpc) is 2.57. The van der Waals surface area contributed by atoms with E-state index in [0.717, 1.165) is 12.1 Å². The number of nitrogens with zero attached hydrogens (tertiary/aromatic N) is 2. The predicted molar refractivity (Wildman–Crippen MR) is 46.8 cm³/mol. The van der Waals surface area contributed by atoms with E-state index >= 15 is 0 Å². The normalized spacial score (nSPS) is 14.7. The lowest BCUT2D eigenvalue weighted by molar-refractivity contribution is 0.257. The van der Waals surface area contributed by atoms with Crippen LogP contribution in [-0.2, 0) is 0 Å². The Morgan fingerprint density at radius 3 is 2.50 bits per heavy atom. The van der Waals surface area contributed by atoms with Crippen LogP contribution in [0.3, 0.4) is 0 Å². The van der Waals surface area contributed by atoms with Crippen molar-refractivity contribution in [2.75, 3.05) is 0 Å². The van der Waals surface area contributed by atoms with Crippen molar-refractivity contribution in [2.45, 2.75) is 0 Å². The smallest absolute Gasteiger partial charge is 0.244 e. The molecule has 14 heavy (non-hydrogen) atoms. The van der Waals surface area contributed by atoms with Gasteiger partial charge in [-0.15, -0.1) is 0 Å². The molecule has 1 aromatic rings. The minimum absolute atomic E-state index is 0.244. The van der Waals surface area contributed by atoms with Crippen LogP contribution < -0.4 is 0 Å². The second-order valence-electron chi connectivity index (χ2n) is 2.67. The van der Waals surface area contributed by atoms with Crippen LogP contribution in [0.4, 0.5) is 13.6 Å². The summed E-state index contributed by atoms with van der Waals surface area (Å²) in [6.45, 7) is 0. The van der Waals surface area contributed by atoms with Crippen molar-refractivity contribution in [3.05, 3.63) is 35.4 Å². The SMILES string of the molecule is O=C1N=CC(c2ccc(F)c(F)c2)=N1. The monoisotopic (exact) mass is 194 g/mol. The number of carbonyl (C=O) groups is 1. The molecular weight excluding hydrogens is 190 g/mol. The number of amides is 2. The van der Waals surface area contributed by atoms with Gasteiger partial charge in [-0.05, 0) is 18.2 Å². The fraction of sp³-hybridized carbons (Fsp3) is 0. The molecule has 1 aromatic carbocycles. The van der Waals surface area contributed by atoms with Crippen LogP contribution >= 0.6 is 0 Å². The van der Waals surface area contributed by atoms with Crippen LogP contribution in [0.2, 0.25) is 0 Å². The number of carbonyl (C=O) groups excluding carboxylic acids is 1. The third-order valence-electron chi connectivity index (χ3n) is 1.73. The Morgan fingerprint density at radius 1 is 1.14 bits per heavy atom. The second kappa shape index (κ2) is 3.10. The molecule has 0 N–H and O–H groups in total. The molecule has 0 radical (unpaired) electrons. The Kier molecular flexibility index (Phi) is 1.92. The molecule has 0 atom stereocenters. The Morgan fingerprint density at radius 2 is 1.93 bits per heavy atom. The van der Waals surface area contributed by atoms with Gasteiger partial charge >= 0.3 is 6.03 Å². The standard InChI is InChI=1S/C9H4F2N2O/c10-6-2-1-5(3-7(6)11)8-4-12-9(14)13-8/h1-4H. The van der Waals surface area contributed by atoms with Gasteiger partial charge in [-0.3, -0.25) is 0 Å². The highest BCUT2D eigenvalue weighted by Crippen LogP contribution is 2.11. The van der Waals surface area contributed by atoms with Gasteiger partial charge < -0.3 is 0 Å². The van der Waals surface area contributed by atoms with Crippen molar-refractivity contribution in [1.82, 2.24) is 0 Å². The van der Waals surface area contributed by atoms with Crippen LogP contribution in [0.5, 0.6) is 0 Å². The molecule has 0 saturated carbocycles. The van der Waals surface area contributed by atoms with Gasteiger partial charge in [0.05, 0.1) is 11.9 Å². The first-order chi connectivity index (χ1) is 6.66.